The van der Waals surface area contributed by atoms with Crippen LogP contribution in [-0.4, -0.2) is 55.0 Å². The fraction of sp³-hybridized carbons (Fsp3) is 1.00. The van der Waals surface area contributed by atoms with Crippen LogP contribution in [-0.2, 0) is 19.6 Å². The molecule has 0 spiro atoms. The molecular formula is C7H2F14O5S. The van der Waals surface area contributed by atoms with Crippen LogP contribution in [0.3, 0.4) is 0 Å². The van der Waals surface area contributed by atoms with Gasteiger partial charge in [0.15, 0.2) is 0 Å². The van der Waals surface area contributed by atoms with E-state index in [0.717, 1.165) is 0 Å². The molecule has 0 aliphatic carbocycles. The van der Waals surface area contributed by atoms with Gasteiger partial charge in [0.1, 0.15) is 0 Å². The Labute approximate surface area is 137 Å². The van der Waals surface area contributed by atoms with E-state index in [1.807, 2.05) is 0 Å². The molecule has 164 valence electrons. The number of hydrogen-bond acceptors (Lipinski definition) is 4. The summed E-state index contributed by atoms with van der Waals surface area (Å²) >= 11 is 0. The van der Waals surface area contributed by atoms with Gasteiger partial charge in [0.2, 0.25) is 0 Å². The van der Waals surface area contributed by atoms with Crippen LogP contribution in [0.5, 0.6) is 0 Å². The van der Waals surface area contributed by atoms with Gasteiger partial charge in [-0.1, -0.05) is 0 Å². The summed E-state index contributed by atoms with van der Waals surface area (Å²) in [5, 5.41) is -7.25. The van der Waals surface area contributed by atoms with Crippen molar-refractivity contribution in [3.8, 4) is 0 Å². The molecule has 0 fully saturated rings. The van der Waals surface area contributed by atoms with Gasteiger partial charge in [0.05, 0.1) is 0 Å². The van der Waals surface area contributed by atoms with Crippen molar-refractivity contribution in [2.24, 2.45) is 0 Å². The van der Waals surface area contributed by atoms with E-state index in [2.05, 4.69) is 0 Å². The minimum absolute atomic E-state index is 1.40. The van der Waals surface area contributed by atoms with Gasteiger partial charge in [-0.05, 0) is 0 Å². The lowest BCUT2D eigenvalue weighted by Gasteiger charge is -2.37. The smallest absolute Gasteiger partial charge is 0.281 e. The largest absolute Gasteiger partial charge is 0.460 e. The Balaban J connectivity index is 6.37. The molecule has 1 N–H and O–H groups in total. The highest BCUT2D eigenvalue weighted by atomic mass is 32.2. The molecule has 0 radical (unpaired) electrons. The maximum atomic E-state index is 13.4. The summed E-state index contributed by atoms with van der Waals surface area (Å²) in [4.78, 5) is 0. The summed E-state index contributed by atoms with van der Waals surface area (Å²) in [6, 6.07) is 0. The fourth-order valence-corrected chi connectivity index (χ4v) is 1.29. The summed E-state index contributed by atoms with van der Waals surface area (Å²) in [7, 11) is -7.47. The molecule has 5 nitrogen and oxygen atoms in total. The van der Waals surface area contributed by atoms with Crippen LogP contribution in [0.4, 0.5) is 61.5 Å². The molecule has 0 aliphatic rings. The molecule has 0 aromatic carbocycles. The fourth-order valence-electron chi connectivity index (χ4n) is 0.950. The Bertz CT molecular complexity index is 641. The first kappa shape index (κ1) is 25.8. The van der Waals surface area contributed by atoms with Gasteiger partial charge in [0.25, 0.3) is 0 Å². The molecule has 0 bridgehead atoms. The molecular weight excluding hydrogens is 462 g/mol. The normalized spacial score (nSPS) is 17.9. The first-order valence-corrected chi connectivity index (χ1v) is 6.72. The van der Waals surface area contributed by atoms with E-state index in [9.17, 15) is 69.9 Å². The van der Waals surface area contributed by atoms with Crippen LogP contribution in [0.25, 0.3) is 0 Å². The molecule has 0 amide bonds. The summed E-state index contributed by atoms with van der Waals surface area (Å²) in [5.74, 6) is -7.74. The van der Waals surface area contributed by atoms with Crippen LogP contribution in [0.1, 0.15) is 0 Å². The van der Waals surface area contributed by atoms with Gasteiger partial charge >= 0.3 is 52.2 Å². The molecule has 27 heavy (non-hydrogen) atoms. The van der Waals surface area contributed by atoms with E-state index in [1.165, 1.54) is 9.47 Å². The predicted octanol–water partition coefficient (Wildman–Crippen LogP) is 3.77. The van der Waals surface area contributed by atoms with E-state index < -0.39 is 52.2 Å². The Hall–Kier alpha value is -1.15. The van der Waals surface area contributed by atoms with Gasteiger partial charge in [-0.25, -0.2) is 13.5 Å². The Morgan fingerprint density at radius 1 is 0.704 bits per heavy atom. The molecule has 1 unspecified atom stereocenters. The van der Waals surface area contributed by atoms with Crippen LogP contribution in [0.2, 0.25) is 0 Å². The van der Waals surface area contributed by atoms with Gasteiger partial charge < -0.3 is 0 Å². The van der Waals surface area contributed by atoms with Crippen molar-refractivity contribution in [3.63, 3.8) is 0 Å². The minimum Gasteiger partial charge on any atom is -0.281 e. The second kappa shape index (κ2) is 6.72. The Morgan fingerprint density at radius 2 is 1.07 bits per heavy atom. The third-order valence-electron chi connectivity index (χ3n) is 2.19. The van der Waals surface area contributed by atoms with Gasteiger partial charge in [-0.3, -0.25) is 9.29 Å². The lowest BCUT2D eigenvalue weighted by Crippen LogP contribution is -2.65. The number of halogens is 14. The summed E-state index contributed by atoms with van der Waals surface area (Å²) < 4.78 is 206. The van der Waals surface area contributed by atoms with Crippen LogP contribution >= 0.6 is 0 Å². The van der Waals surface area contributed by atoms with E-state index >= 15 is 0 Å². The molecule has 0 saturated carbocycles. The molecule has 0 aromatic heterocycles. The van der Waals surface area contributed by atoms with Crippen molar-refractivity contribution >= 4 is 10.1 Å². The Morgan fingerprint density at radius 3 is 1.33 bits per heavy atom. The number of ether oxygens (including phenoxy) is 2. The van der Waals surface area contributed by atoms with E-state index in [1.54, 1.807) is 0 Å². The summed E-state index contributed by atoms with van der Waals surface area (Å²) in [6.45, 7) is 0. The van der Waals surface area contributed by atoms with E-state index in [4.69, 9.17) is 4.55 Å². The molecule has 0 aromatic rings. The third-order valence-corrected chi connectivity index (χ3v) is 3.07. The number of hydrogen-bond donors (Lipinski definition) is 1. The van der Waals surface area contributed by atoms with Gasteiger partial charge in [-0.2, -0.15) is 61.1 Å². The van der Waals surface area contributed by atoms with Crippen molar-refractivity contribution in [1.82, 2.24) is 0 Å². The molecule has 0 heterocycles. The van der Waals surface area contributed by atoms with Crippen molar-refractivity contribution < 1.29 is 83.9 Å². The zero-order valence-electron chi connectivity index (χ0n) is 11.4. The lowest BCUT2D eigenvalue weighted by atomic mass is 10.2. The zero-order valence-corrected chi connectivity index (χ0v) is 12.2. The van der Waals surface area contributed by atoms with Crippen LogP contribution in [0.15, 0.2) is 0 Å². The van der Waals surface area contributed by atoms with Crippen LogP contribution < -0.4 is 0 Å². The van der Waals surface area contributed by atoms with Crippen molar-refractivity contribution in [2.45, 2.75) is 42.0 Å². The predicted molar refractivity (Wildman–Crippen MR) is 49.4 cm³/mol. The Kier molecular flexibility index (Phi) is 6.44. The first-order chi connectivity index (χ1) is 11.4. The number of alkyl halides is 14. The molecule has 0 aliphatic heterocycles. The highest BCUT2D eigenvalue weighted by Gasteiger charge is 2.83. The maximum Gasteiger partial charge on any atom is 0.460 e. The molecule has 20 heteroatoms. The lowest BCUT2D eigenvalue weighted by molar-refractivity contribution is -0.540. The van der Waals surface area contributed by atoms with Gasteiger partial charge in [-0.15, -0.1) is 0 Å². The maximum absolute atomic E-state index is 13.4. The van der Waals surface area contributed by atoms with Crippen molar-refractivity contribution in [2.75, 3.05) is 0 Å². The standard InChI is InChI=1S/C7H2F14O5S/c8-1(9)2(10,11)25-5(16,17)3(12,4(13,14)15)26-6(18,19)7(20,21)27(22,23)24/h1H,(H,22,23,24). The summed E-state index contributed by atoms with van der Waals surface area (Å²) in [6.07, 6.45) is -34.8. The highest BCUT2D eigenvalue weighted by Crippen LogP contribution is 2.54. The van der Waals surface area contributed by atoms with Crippen molar-refractivity contribution in [3.05, 3.63) is 0 Å². The summed E-state index contributed by atoms with van der Waals surface area (Å²) in [5.41, 5.74) is 0. The monoisotopic (exact) mass is 464 g/mol. The number of rotatable bonds is 8. The van der Waals surface area contributed by atoms with E-state index in [0.29, 0.717) is 0 Å². The molecule has 1 atom stereocenters. The minimum atomic E-state index is -7.74. The first-order valence-electron chi connectivity index (χ1n) is 5.28. The topological polar surface area (TPSA) is 72.8 Å². The van der Waals surface area contributed by atoms with Gasteiger partial charge in [0, 0.05) is 0 Å². The average molecular weight is 464 g/mol. The van der Waals surface area contributed by atoms with E-state index in [-0.39, 0.29) is 0 Å². The van der Waals surface area contributed by atoms with Crippen molar-refractivity contribution in [1.29, 1.82) is 0 Å². The zero-order chi connectivity index (χ0) is 22.5. The molecule has 0 saturated heterocycles. The third kappa shape index (κ3) is 4.65. The SMILES string of the molecule is O=S(=O)(O)C(F)(F)C(F)(F)OC(F)(C(F)(F)F)C(F)(F)OC(F)(F)C(F)F. The molecule has 0 rings (SSSR count). The second-order valence-electron chi connectivity index (χ2n) is 4.19. The second-order valence-corrected chi connectivity index (χ2v) is 5.65. The highest BCUT2D eigenvalue weighted by molar-refractivity contribution is 7.86. The quantitative estimate of drug-likeness (QED) is 0.438. The van der Waals surface area contributed by atoms with Crippen LogP contribution in [0, 0.1) is 0 Å². The average Bonchev–Trinajstić information content (AvgIpc) is 2.33.